The van der Waals surface area contributed by atoms with Gasteiger partial charge in [0.15, 0.2) is 6.61 Å². The number of sulfonamides is 1. The molecule has 29 heavy (non-hydrogen) atoms. The number of carbonyl (C=O) groups excluding carboxylic acids is 1. The van der Waals surface area contributed by atoms with Crippen molar-refractivity contribution in [2.45, 2.75) is 38.5 Å². The van der Waals surface area contributed by atoms with Crippen molar-refractivity contribution >= 4 is 21.6 Å². The first-order valence-corrected chi connectivity index (χ1v) is 11.3. The molecule has 1 N–H and O–H groups in total. The minimum atomic E-state index is -3.48. The number of hydrogen-bond donors (Lipinski definition) is 1. The van der Waals surface area contributed by atoms with Crippen molar-refractivity contribution in [3.63, 3.8) is 0 Å². The first-order chi connectivity index (χ1) is 13.8. The lowest BCUT2D eigenvalue weighted by molar-refractivity contribution is -0.118. The van der Waals surface area contributed by atoms with Crippen LogP contribution in [-0.2, 0) is 14.8 Å². The lowest BCUT2D eigenvalue weighted by Crippen LogP contribution is -2.37. The topological polar surface area (TPSA) is 75.7 Å². The molecule has 2 aromatic carbocycles. The molecule has 1 amide bonds. The summed E-state index contributed by atoms with van der Waals surface area (Å²) in [6.07, 6.45) is 1.77. The van der Waals surface area contributed by atoms with Crippen LogP contribution in [0.3, 0.4) is 0 Å². The zero-order valence-corrected chi connectivity index (χ0v) is 18.0. The molecule has 0 saturated carbocycles. The fourth-order valence-electron chi connectivity index (χ4n) is 3.29. The highest BCUT2D eigenvalue weighted by Gasteiger charge is 2.27. The molecule has 6 nitrogen and oxygen atoms in total. The molecule has 0 spiro atoms. The smallest absolute Gasteiger partial charge is 0.262 e. The van der Waals surface area contributed by atoms with Gasteiger partial charge in [0.25, 0.3) is 5.91 Å². The van der Waals surface area contributed by atoms with E-state index in [0.29, 0.717) is 24.8 Å². The number of nitrogens with zero attached hydrogens (tertiary/aromatic N) is 1. The molecule has 0 atom stereocenters. The van der Waals surface area contributed by atoms with Gasteiger partial charge in [0, 0.05) is 18.8 Å². The van der Waals surface area contributed by atoms with Gasteiger partial charge in [-0.2, -0.15) is 4.31 Å². The summed E-state index contributed by atoms with van der Waals surface area (Å²) in [7, 11) is -3.48. The van der Waals surface area contributed by atoms with E-state index in [2.05, 4.69) is 12.2 Å². The Balaban J connectivity index is 1.57. The summed E-state index contributed by atoms with van der Waals surface area (Å²) >= 11 is 0. The van der Waals surface area contributed by atoms with Gasteiger partial charge in [0.05, 0.1) is 4.90 Å². The Hall–Kier alpha value is -2.38. The van der Waals surface area contributed by atoms with Crippen molar-refractivity contribution < 1.29 is 17.9 Å². The normalized spacial score (nSPS) is 15.8. The second-order valence-electron chi connectivity index (χ2n) is 7.71. The number of amides is 1. The lowest BCUT2D eigenvalue weighted by Gasteiger charge is -2.29. The second-order valence-corrected chi connectivity index (χ2v) is 9.65. The number of anilines is 1. The average molecular weight is 417 g/mol. The third-order valence-corrected chi connectivity index (χ3v) is 7.15. The van der Waals surface area contributed by atoms with Crippen molar-refractivity contribution in [2.75, 3.05) is 25.0 Å². The van der Waals surface area contributed by atoms with Crippen LogP contribution in [0.1, 0.15) is 30.9 Å². The predicted molar refractivity (Wildman–Crippen MR) is 114 cm³/mol. The number of benzene rings is 2. The SMILES string of the molecule is Cc1ccc(C)c(NC(=O)COc2ccc(S(=O)(=O)N3CCC(C)CC3)cc2)c1. The molecule has 1 aliphatic heterocycles. The van der Waals surface area contributed by atoms with Crippen LogP contribution in [0.15, 0.2) is 47.4 Å². The molecule has 0 aromatic heterocycles. The molecule has 1 saturated heterocycles. The number of aryl methyl sites for hydroxylation is 2. The molecular formula is C22H28N2O4S. The van der Waals surface area contributed by atoms with E-state index in [1.807, 2.05) is 32.0 Å². The zero-order valence-electron chi connectivity index (χ0n) is 17.1. The zero-order chi connectivity index (χ0) is 21.0. The Labute approximate surface area is 172 Å². The van der Waals surface area contributed by atoms with Crippen LogP contribution in [0.4, 0.5) is 5.69 Å². The van der Waals surface area contributed by atoms with Gasteiger partial charge in [-0.05, 0) is 74.1 Å². The lowest BCUT2D eigenvalue weighted by atomic mass is 10.0. The van der Waals surface area contributed by atoms with Gasteiger partial charge < -0.3 is 10.1 Å². The summed E-state index contributed by atoms with van der Waals surface area (Å²) in [6, 6.07) is 12.1. The van der Waals surface area contributed by atoms with Gasteiger partial charge in [0.1, 0.15) is 5.75 Å². The Morgan fingerprint density at radius 2 is 1.76 bits per heavy atom. The van der Waals surface area contributed by atoms with Crippen molar-refractivity contribution in [3.8, 4) is 5.75 Å². The van der Waals surface area contributed by atoms with Crippen LogP contribution in [0, 0.1) is 19.8 Å². The van der Waals surface area contributed by atoms with Crippen molar-refractivity contribution in [3.05, 3.63) is 53.6 Å². The Bertz CT molecular complexity index is 963. The molecule has 0 unspecified atom stereocenters. The molecule has 1 heterocycles. The molecule has 0 aliphatic carbocycles. The summed E-state index contributed by atoms with van der Waals surface area (Å²) in [6.45, 7) is 7.00. The van der Waals surface area contributed by atoms with Crippen molar-refractivity contribution in [1.82, 2.24) is 4.31 Å². The summed E-state index contributed by atoms with van der Waals surface area (Å²) in [5.41, 5.74) is 2.80. The molecule has 0 radical (unpaired) electrons. The van der Waals surface area contributed by atoms with Crippen LogP contribution >= 0.6 is 0 Å². The van der Waals surface area contributed by atoms with Crippen LogP contribution < -0.4 is 10.1 Å². The summed E-state index contributed by atoms with van der Waals surface area (Å²) in [4.78, 5) is 12.4. The van der Waals surface area contributed by atoms with Gasteiger partial charge in [-0.1, -0.05) is 19.1 Å². The first-order valence-electron chi connectivity index (χ1n) is 9.86. The average Bonchev–Trinajstić information content (AvgIpc) is 2.70. The van der Waals surface area contributed by atoms with Gasteiger partial charge >= 0.3 is 0 Å². The highest BCUT2D eigenvalue weighted by molar-refractivity contribution is 7.89. The van der Waals surface area contributed by atoms with Crippen LogP contribution in [0.25, 0.3) is 0 Å². The largest absolute Gasteiger partial charge is 0.484 e. The molecule has 3 rings (SSSR count). The fourth-order valence-corrected chi connectivity index (χ4v) is 4.76. The second kappa shape index (κ2) is 8.97. The minimum absolute atomic E-state index is 0.149. The summed E-state index contributed by atoms with van der Waals surface area (Å²) in [5.74, 6) is 0.747. The Morgan fingerprint density at radius 3 is 2.41 bits per heavy atom. The molecule has 7 heteroatoms. The van der Waals surface area contributed by atoms with E-state index in [-0.39, 0.29) is 17.4 Å². The predicted octanol–water partition coefficient (Wildman–Crippen LogP) is 3.74. The van der Waals surface area contributed by atoms with E-state index >= 15 is 0 Å². The summed E-state index contributed by atoms with van der Waals surface area (Å²) < 4.78 is 32.6. The van der Waals surface area contributed by atoms with Crippen LogP contribution in [-0.4, -0.2) is 38.3 Å². The number of piperidine rings is 1. The van der Waals surface area contributed by atoms with E-state index in [9.17, 15) is 13.2 Å². The monoisotopic (exact) mass is 416 g/mol. The Kier molecular flexibility index (Phi) is 6.59. The van der Waals surface area contributed by atoms with Gasteiger partial charge in [-0.25, -0.2) is 8.42 Å². The minimum Gasteiger partial charge on any atom is -0.484 e. The summed E-state index contributed by atoms with van der Waals surface area (Å²) in [5, 5.41) is 2.84. The molecular weight excluding hydrogens is 388 g/mol. The van der Waals surface area contributed by atoms with Crippen molar-refractivity contribution in [1.29, 1.82) is 0 Å². The molecule has 156 valence electrons. The van der Waals surface area contributed by atoms with E-state index in [1.54, 1.807) is 16.4 Å². The maximum Gasteiger partial charge on any atom is 0.262 e. The molecule has 2 aromatic rings. The third kappa shape index (κ3) is 5.36. The van der Waals surface area contributed by atoms with Crippen molar-refractivity contribution in [2.24, 2.45) is 5.92 Å². The molecule has 1 aliphatic rings. The number of carbonyl (C=O) groups is 1. The van der Waals surface area contributed by atoms with E-state index in [1.165, 1.54) is 12.1 Å². The van der Waals surface area contributed by atoms with E-state index in [4.69, 9.17) is 4.74 Å². The standard InChI is InChI=1S/C22H28N2O4S/c1-16-10-12-24(13-11-16)29(26,27)20-8-6-19(7-9-20)28-15-22(25)23-21-14-17(2)4-5-18(21)3/h4-9,14,16H,10-13,15H2,1-3H3,(H,23,25). The van der Waals surface area contributed by atoms with E-state index in [0.717, 1.165) is 29.7 Å². The van der Waals surface area contributed by atoms with Crippen LogP contribution in [0.2, 0.25) is 0 Å². The number of nitrogens with one attached hydrogen (secondary N) is 1. The first kappa shape index (κ1) is 21.3. The van der Waals surface area contributed by atoms with Gasteiger partial charge in [-0.15, -0.1) is 0 Å². The fraction of sp³-hybridized carbons (Fsp3) is 0.409. The van der Waals surface area contributed by atoms with Gasteiger partial charge in [-0.3, -0.25) is 4.79 Å². The maximum atomic E-state index is 12.8. The highest BCUT2D eigenvalue weighted by Crippen LogP contribution is 2.25. The number of rotatable bonds is 6. The third-order valence-electron chi connectivity index (χ3n) is 5.24. The Morgan fingerprint density at radius 1 is 1.10 bits per heavy atom. The number of hydrogen-bond acceptors (Lipinski definition) is 4. The quantitative estimate of drug-likeness (QED) is 0.778. The highest BCUT2D eigenvalue weighted by atomic mass is 32.2. The number of ether oxygens (including phenoxy) is 1. The van der Waals surface area contributed by atoms with E-state index < -0.39 is 10.0 Å². The van der Waals surface area contributed by atoms with Crippen LogP contribution in [0.5, 0.6) is 5.75 Å². The molecule has 1 fully saturated rings. The van der Waals surface area contributed by atoms with Gasteiger partial charge in [0.2, 0.25) is 10.0 Å². The molecule has 0 bridgehead atoms. The maximum absolute atomic E-state index is 12.8.